The van der Waals surface area contributed by atoms with E-state index >= 15 is 0 Å². The average molecular weight is 271 g/mol. The van der Waals surface area contributed by atoms with Gasteiger partial charge in [-0.05, 0) is 36.9 Å². The predicted octanol–water partition coefficient (Wildman–Crippen LogP) is 2.22. The molecular formula is C16H21N3O. The largest absolute Gasteiger partial charge is 0.497 e. The Labute approximate surface area is 120 Å². The molecule has 0 amide bonds. The minimum Gasteiger partial charge on any atom is -0.497 e. The van der Waals surface area contributed by atoms with Gasteiger partial charge in [0.15, 0.2) is 0 Å². The fraction of sp³-hybridized carbons (Fsp3) is 0.312. The molecule has 2 rings (SSSR count). The van der Waals surface area contributed by atoms with Crippen LogP contribution >= 0.6 is 0 Å². The topological polar surface area (TPSA) is 51.4 Å². The number of pyridine rings is 1. The van der Waals surface area contributed by atoms with Crippen LogP contribution in [-0.2, 0) is 6.54 Å². The van der Waals surface area contributed by atoms with Gasteiger partial charge in [-0.15, -0.1) is 0 Å². The minimum atomic E-state index is 0.113. The maximum absolute atomic E-state index is 5.91. The van der Waals surface area contributed by atoms with Crippen molar-refractivity contribution in [1.82, 2.24) is 9.88 Å². The number of likely N-dealkylation sites (N-methyl/N-ethyl adjacent to an activating group) is 1. The minimum absolute atomic E-state index is 0.113. The monoisotopic (exact) mass is 271 g/mol. The van der Waals surface area contributed by atoms with Gasteiger partial charge in [-0.1, -0.05) is 18.2 Å². The van der Waals surface area contributed by atoms with Crippen LogP contribution in [0.4, 0.5) is 0 Å². The summed E-state index contributed by atoms with van der Waals surface area (Å²) >= 11 is 0. The van der Waals surface area contributed by atoms with Crippen LogP contribution in [-0.4, -0.2) is 30.6 Å². The van der Waals surface area contributed by atoms with E-state index in [1.807, 2.05) is 36.4 Å². The van der Waals surface area contributed by atoms with Crippen LogP contribution in [0.15, 0.2) is 48.7 Å². The van der Waals surface area contributed by atoms with Gasteiger partial charge >= 0.3 is 0 Å². The first-order valence-electron chi connectivity index (χ1n) is 6.68. The van der Waals surface area contributed by atoms with E-state index in [1.54, 1.807) is 13.3 Å². The molecule has 1 aromatic heterocycles. The lowest BCUT2D eigenvalue weighted by Gasteiger charge is -2.26. The lowest BCUT2D eigenvalue weighted by atomic mass is 10.1. The first-order valence-corrected chi connectivity index (χ1v) is 6.68. The van der Waals surface area contributed by atoms with Crippen LogP contribution in [0.25, 0.3) is 0 Å². The third-order valence-corrected chi connectivity index (χ3v) is 3.35. The smallest absolute Gasteiger partial charge is 0.119 e. The van der Waals surface area contributed by atoms with Crippen molar-refractivity contribution in [3.05, 3.63) is 59.9 Å². The number of hydrogen-bond donors (Lipinski definition) is 1. The van der Waals surface area contributed by atoms with E-state index in [9.17, 15) is 0 Å². The van der Waals surface area contributed by atoms with E-state index < -0.39 is 0 Å². The van der Waals surface area contributed by atoms with E-state index in [4.69, 9.17) is 10.5 Å². The van der Waals surface area contributed by atoms with E-state index in [1.165, 1.54) is 5.56 Å². The van der Waals surface area contributed by atoms with Crippen molar-refractivity contribution in [1.29, 1.82) is 0 Å². The first kappa shape index (κ1) is 14.5. The Hall–Kier alpha value is -1.91. The van der Waals surface area contributed by atoms with Gasteiger partial charge in [-0.25, -0.2) is 0 Å². The third kappa shape index (κ3) is 3.56. The zero-order chi connectivity index (χ0) is 14.4. The number of ether oxygens (including phenoxy) is 1. The second-order valence-electron chi connectivity index (χ2n) is 4.77. The molecule has 0 aliphatic carbocycles. The van der Waals surface area contributed by atoms with Crippen molar-refractivity contribution in [2.45, 2.75) is 12.6 Å². The Balaban J connectivity index is 2.11. The predicted molar refractivity (Wildman–Crippen MR) is 80.5 cm³/mol. The van der Waals surface area contributed by atoms with E-state index in [2.05, 4.69) is 23.0 Å². The molecule has 4 heteroatoms. The number of benzene rings is 1. The molecule has 0 aliphatic heterocycles. The summed E-state index contributed by atoms with van der Waals surface area (Å²) in [6.07, 6.45) is 1.80. The zero-order valence-corrected chi connectivity index (χ0v) is 12.0. The summed E-state index contributed by atoms with van der Waals surface area (Å²) in [5.41, 5.74) is 8.11. The number of nitrogens with two attached hydrogens (primary N) is 1. The van der Waals surface area contributed by atoms with Crippen molar-refractivity contribution in [3.63, 3.8) is 0 Å². The highest BCUT2D eigenvalue weighted by atomic mass is 16.5. The van der Waals surface area contributed by atoms with Crippen molar-refractivity contribution in [3.8, 4) is 5.75 Å². The Kier molecular flexibility index (Phi) is 5.09. The summed E-state index contributed by atoms with van der Waals surface area (Å²) in [5.74, 6) is 0.873. The van der Waals surface area contributed by atoms with Crippen LogP contribution in [0.1, 0.15) is 17.3 Å². The number of hydrogen-bond acceptors (Lipinski definition) is 4. The molecule has 1 aromatic carbocycles. The molecule has 0 bridgehead atoms. The highest BCUT2D eigenvalue weighted by Crippen LogP contribution is 2.20. The van der Waals surface area contributed by atoms with Gasteiger partial charge < -0.3 is 10.5 Å². The molecule has 0 spiro atoms. The molecule has 0 saturated carbocycles. The number of aromatic nitrogens is 1. The molecule has 0 radical (unpaired) electrons. The molecule has 1 heterocycles. The van der Waals surface area contributed by atoms with Gasteiger partial charge in [0.05, 0.1) is 18.8 Å². The molecule has 4 nitrogen and oxygen atoms in total. The summed E-state index contributed by atoms with van der Waals surface area (Å²) in [6.45, 7) is 1.34. The van der Waals surface area contributed by atoms with Crippen LogP contribution in [0.5, 0.6) is 5.75 Å². The SMILES string of the molecule is COc1cccc(CN(C)C(CN)c2ccccn2)c1. The van der Waals surface area contributed by atoms with Gasteiger partial charge in [-0.3, -0.25) is 9.88 Å². The summed E-state index contributed by atoms with van der Waals surface area (Å²) in [5, 5.41) is 0. The maximum Gasteiger partial charge on any atom is 0.119 e. The van der Waals surface area contributed by atoms with Crippen LogP contribution in [0.3, 0.4) is 0 Å². The molecule has 106 valence electrons. The molecule has 0 saturated heterocycles. The zero-order valence-electron chi connectivity index (χ0n) is 12.0. The fourth-order valence-electron chi connectivity index (χ4n) is 2.27. The van der Waals surface area contributed by atoms with Gasteiger partial charge in [0.1, 0.15) is 5.75 Å². The molecule has 1 atom stereocenters. The van der Waals surface area contributed by atoms with Crippen LogP contribution < -0.4 is 10.5 Å². The van der Waals surface area contributed by atoms with Gasteiger partial charge in [-0.2, -0.15) is 0 Å². The lowest BCUT2D eigenvalue weighted by molar-refractivity contribution is 0.237. The quantitative estimate of drug-likeness (QED) is 0.875. The number of rotatable bonds is 6. The molecule has 0 fully saturated rings. The Morgan fingerprint density at radius 2 is 2.10 bits per heavy atom. The average Bonchev–Trinajstić information content (AvgIpc) is 2.49. The molecule has 0 aliphatic rings. The normalized spacial score (nSPS) is 12.4. The highest BCUT2D eigenvalue weighted by molar-refractivity contribution is 5.28. The maximum atomic E-state index is 5.91. The molecular weight excluding hydrogens is 250 g/mol. The third-order valence-electron chi connectivity index (χ3n) is 3.35. The second kappa shape index (κ2) is 7.03. The van der Waals surface area contributed by atoms with Gasteiger partial charge in [0.25, 0.3) is 0 Å². The van der Waals surface area contributed by atoms with E-state index in [0.29, 0.717) is 6.54 Å². The second-order valence-corrected chi connectivity index (χ2v) is 4.77. The van der Waals surface area contributed by atoms with Gasteiger partial charge in [0, 0.05) is 19.3 Å². The summed E-state index contributed by atoms with van der Waals surface area (Å²) in [4.78, 5) is 6.61. The van der Waals surface area contributed by atoms with Crippen molar-refractivity contribution < 1.29 is 4.74 Å². The van der Waals surface area contributed by atoms with Crippen LogP contribution in [0, 0.1) is 0 Å². The summed E-state index contributed by atoms with van der Waals surface area (Å²) in [7, 11) is 3.74. The molecule has 2 N–H and O–H groups in total. The Bertz CT molecular complexity index is 530. The van der Waals surface area contributed by atoms with Crippen LogP contribution in [0.2, 0.25) is 0 Å². The Morgan fingerprint density at radius 1 is 1.25 bits per heavy atom. The molecule has 2 aromatic rings. The van der Waals surface area contributed by atoms with Crippen molar-refractivity contribution >= 4 is 0 Å². The lowest BCUT2D eigenvalue weighted by Crippen LogP contribution is -2.30. The van der Waals surface area contributed by atoms with Crippen molar-refractivity contribution in [2.75, 3.05) is 20.7 Å². The standard InChI is InChI=1S/C16H21N3O/c1-19(12-13-6-5-7-14(10-13)20-2)16(11-17)15-8-3-4-9-18-15/h3-10,16H,11-12,17H2,1-2H3. The number of methoxy groups -OCH3 is 1. The summed E-state index contributed by atoms with van der Waals surface area (Å²) < 4.78 is 5.25. The summed E-state index contributed by atoms with van der Waals surface area (Å²) in [6, 6.07) is 14.1. The highest BCUT2D eigenvalue weighted by Gasteiger charge is 2.16. The molecule has 1 unspecified atom stereocenters. The Morgan fingerprint density at radius 3 is 2.75 bits per heavy atom. The fourth-order valence-corrected chi connectivity index (χ4v) is 2.27. The molecule has 20 heavy (non-hydrogen) atoms. The van der Waals surface area contributed by atoms with E-state index in [-0.39, 0.29) is 6.04 Å². The first-order chi connectivity index (χ1) is 9.74. The van der Waals surface area contributed by atoms with Crippen molar-refractivity contribution in [2.24, 2.45) is 5.73 Å². The number of nitrogens with zero attached hydrogens (tertiary/aromatic N) is 2. The van der Waals surface area contributed by atoms with E-state index in [0.717, 1.165) is 18.0 Å². The van der Waals surface area contributed by atoms with Gasteiger partial charge in [0.2, 0.25) is 0 Å².